The maximum Gasteiger partial charge on any atom is 0.0227 e. The molecule has 5 rings (SSSR count). The average Bonchev–Trinajstić information content (AvgIpc) is 2.54. The van der Waals surface area contributed by atoms with E-state index in [4.69, 9.17) is 0 Å². The van der Waals surface area contributed by atoms with Crippen LogP contribution in [0.25, 0.3) is 10.8 Å². The first kappa shape index (κ1) is 17.6. The highest BCUT2D eigenvalue weighted by molar-refractivity contribution is 5.86. The molecule has 1 N–H and O–H groups in total. The smallest absolute Gasteiger partial charge is 0.0227 e. The van der Waals surface area contributed by atoms with Crippen molar-refractivity contribution in [3.05, 3.63) is 48.0 Å². The lowest BCUT2D eigenvalue weighted by Gasteiger charge is -2.45. The Bertz CT molecular complexity index is 604. The normalized spacial score (nSPS) is 26.3. The van der Waals surface area contributed by atoms with Gasteiger partial charge in [0, 0.05) is 19.1 Å². The van der Waals surface area contributed by atoms with Crippen molar-refractivity contribution in [1.29, 1.82) is 0 Å². The minimum Gasteiger partial charge on any atom is -0.308 e. The summed E-state index contributed by atoms with van der Waals surface area (Å²) in [6.07, 6.45) is 2.76. The second-order valence-electron chi connectivity index (χ2n) is 6.26. The van der Waals surface area contributed by atoms with Gasteiger partial charge >= 0.3 is 0 Å². The molecule has 0 amide bonds. The van der Waals surface area contributed by atoms with Gasteiger partial charge in [-0.1, -0.05) is 42.5 Å². The molecule has 0 aliphatic carbocycles. The van der Waals surface area contributed by atoms with Crippen molar-refractivity contribution in [3.63, 3.8) is 0 Å². The van der Waals surface area contributed by atoms with E-state index in [0.717, 1.165) is 12.5 Å². The number of rotatable bonds is 3. The second kappa shape index (κ2) is 7.65. The first-order chi connectivity index (χ1) is 9.90. The number of benzene rings is 2. The lowest BCUT2D eigenvalue weighted by atomic mass is 9.84. The molecule has 3 saturated heterocycles. The summed E-state index contributed by atoms with van der Waals surface area (Å²) in [4.78, 5) is 2.61. The van der Waals surface area contributed by atoms with E-state index in [9.17, 15) is 0 Å². The number of nitrogens with zero attached hydrogens (tertiary/aromatic N) is 1. The third-order valence-electron chi connectivity index (χ3n) is 5.09. The Balaban J connectivity index is 0.000000882. The van der Waals surface area contributed by atoms with Crippen LogP contribution in [0.1, 0.15) is 18.4 Å². The molecule has 2 aromatic rings. The summed E-state index contributed by atoms with van der Waals surface area (Å²) in [6, 6.07) is 16.0. The van der Waals surface area contributed by atoms with Gasteiger partial charge in [0.05, 0.1) is 0 Å². The summed E-state index contributed by atoms with van der Waals surface area (Å²) in [5, 5.41) is 6.56. The minimum absolute atomic E-state index is 0. The van der Waals surface area contributed by atoms with Crippen LogP contribution in [0.15, 0.2) is 42.5 Å². The molecule has 2 bridgehead atoms. The van der Waals surface area contributed by atoms with E-state index in [1.54, 1.807) is 0 Å². The van der Waals surface area contributed by atoms with E-state index in [-0.39, 0.29) is 24.8 Å². The Morgan fingerprint density at radius 1 is 0.955 bits per heavy atom. The average molecular weight is 339 g/mol. The van der Waals surface area contributed by atoms with E-state index in [0.29, 0.717) is 6.04 Å². The maximum absolute atomic E-state index is 3.82. The lowest BCUT2D eigenvalue weighted by molar-refractivity contribution is 0.0720. The zero-order valence-electron chi connectivity index (χ0n) is 12.7. The predicted molar refractivity (Wildman–Crippen MR) is 98.2 cm³/mol. The third-order valence-corrected chi connectivity index (χ3v) is 5.09. The molecule has 22 heavy (non-hydrogen) atoms. The SMILES string of the molecule is Cl.Cl.c1ccc2c(CNC3CN4CCC3CC4)cccc2c1. The zero-order valence-corrected chi connectivity index (χ0v) is 14.3. The lowest BCUT2D eigenvalue weighted by Crippen LogP contribution is -2.55. The molecule has 2 nitrogen and oxygen atoms in total. The molecule has 3 fully saturated rings. The molecule has 1 unspecified atom stereocenters. The fourth-order valence-electron chi connectivity index (χ4n) is 3.88. The van der Waals surface area contributed by atoms with Gasteiger partial charge in [-0.15, -0.1) is 24.8 Å². The Labute approximate surface area is 145 Å². The Hall–Kier alpha value is -0.800. The molecule has 4 heteroatoms. The van der Waals surface area contributed by atoms with Gasteiger partial charge in [-0.25, -0.2) is 0 Å². The molecule has 3 aliphatic heterocycles. The van der Waals surface area contributed by atoms with Gasteiger partial charge in [-0.2, -0.15) is 0 Å². The zero-order chi connectivity index (χ0) is 13.4. The third kappa shape index (κ3) is 3.41. The topological polar surface area (TPSA) is 15.3 Å². The van der Waals surface area contributed by atoms with Crippen molar-refractivity contribution in [1.82, 2.24) is 10.2 Å². The number of halogens is 2. The quantitative estimate of drug-likeness (QED) is 0.913. The summed E-state index contributed by atoms with van der Waals surface area (Å²) in [5.74, 6) is 0.898. The molecule has 0 saturated carbocycles. The van der Waals surface area contributed by atoms with Crippen molar-refractivity contribution >= 4 is 35.6 Å². The van der Waals surface area contributed by atoms with E-state index in [1.807, 2.05) is 0 Å². The second-order valence-corrected chi connectivity index (χ2v) is 6.26. The molecule has 0 radical (unpaired) electrons. The summed E-state index contributed by atoms with van der Waals surface area (Å²) in [7, 11) is 0. The van der Waals surface area contributed by atoms with Gasteiger partial charge in [-0.3, -0.25) is 0 Å². The summed E-state index contributed by atoms with van der Waals surface area (Å²) >= 11 is 0. The molecule has 0 aromatic heterocycles. The molecule has 3 heterocycles. The van der Waals surface area contributed by atoms with Crippen LogP contribution in [-0.2, 0) is 6.54 Å². The molecule has 3 aliphatic rings. The van der Waals surface area contributed by atoms with Crippen LogP contribution < -0.4 is 5.32 Å². The molecule has 120 valence electrons. The van der Waals surface area contributed by atoms with Crippen LogP contribution in [0.5, 0.6) is 0 Å². The van der Waals surface area contributed by atoms with Crippen LogP contribution in [0.4, 0.5) is 0 Å². The van der Waals surface area contributed by atoms with Gasteiger partial charge in [0.2, 0.25) is 0 Å². The van der Waals surface area contributed by atoms with Gasteiger partial charge in [-0.05, 0) is 48.2 Å². The Kier molecular flexibility index (Phi) is 6.10. The molecule has 0 spiro atoms. The minimum atomic E-state index is 0. The van der Waals surface area contributed by atoms with Gasteiger partial charge in [0.15, 0.2) is 0 Å². The van der Waals surface area contributed by atoms with Crippen molar-refractivity contribution in [3.8, 4) is 0 Å². The fourth-order valence-corrected chi connectivity index (χ4v) is 3.88. The molecular weight excluding hydrogens is 315 g/mol. The fraction of sp³-hybridized carbons (Fsp3) is 0.444. The highest BCUT2D eigenvalue weighted by atomic mass is 35.5. The largest absolute Gasteiger partial charge is 0.308 e. The van der Waals surface area contributed by atoms with E-state index < -0.39 is 0 Å². The first-order valence-corrected chi connectivity index (χ1v) is 7.82. The monoisotopic (exact) mass is 338 g/mol. The Morgan fingerprint density at radius 3 is 2.41 bits per heavy atom. The van der Waals surface area contributed by atoms with Gasteiger partial charge in [0.25, 0.3) is 0 Å². The summed E-state index contributed by atoms with van der Waals surface area (Å²) in [6.45, 7) is 4.88. The number of nitrogens with one attached hydrogen (secondary N) is 1. The predicted octanol–water partition coefficient (Wildman–Crippen LogP) is 3.87. The Morgan fingerprint density at radius 2 is 1.68 bits per heavy atom. The number of fused-ring (bicyclic) bond motifs is 4. The van der Waals surface area contributed by atoms with Crippen molar-refractivity contribution in [2.24, 2.45) is 5.92 Å². The highest BCUT2D eigenvalue weighted by Crippen LogP contribution is 2.28. The summed E-state index contributed by atoms with van der Waals surface area (Å²) < 4.78 is 0. The standard InChI is InChI=1S/C18H22N2.2ClH/c1-2-7-17-14(4-1)5-3-6-16(17)12-19-18-13-20-10-8-15(18)9-11-20;;/h1-7,15,18-19H,8-13H2;2*1H. The molecule has 2 aromatic carbocycles. The van der Waals surface area contributed by atoms with Crippen LogP contribution >= 0.6 is 24.8 Å². The van der Waals surface area contributed by atoms with Crippen molar-refractivity contribution in [2.45, 2.75) is 25.4 Å². The summed E-state index contributed by atoms with van der Waals surface area (Å²) in [5.41, 5.74) is 1.43. The van der Waals surface area contributed by atoms with E-state index >= 15 is 0 Å². The van der Waals surface area contributed by atoms with Crippen LogP contribution in [-0.4, -0.2) is 30.6 Å². The number of hydrogen-bond acceptors (Lipinski definition) is 2. The van der Waals surface area contributed by atoms with Gasteiger partial charge < -0.3 is 10.2 Å². The maximum atomic E-state index is 3.82. The van der Waals surface area contributed by atoms with Crippen LogP contribution in [0.2, 0.25) is 0 Å². The van der Waals surface area contributed by atoms with Crippen molar-refractivity contribution < 1.29 is 0 Å². The number of hydrogen-bond donors (Lipinski definition) is 1. The van der Waals surface area contributed by atoms with Crippen LogP contribution in [0.3, 0.4) is 0 Å². The van der Waals surface area contributed by atoms with E-state index in [2.05, 4.69) is 52.7 Å². The van der Waals surface area contributed by atoms with Crippen molar-refractivity contribution in [2.75, 3.05) is 19.6 Å². The van der Waals surface area contributed by atoms with Crippen LogP contribution in [0, 0.1) is 5.92 Å². The highest BCUT2D eigenvalue weighted by Gasteiger charge is 2.33. The van der Waals surface area contributed by atoms with Gasteiger partial charge in [0.1, 0.15) is 0 Å². The van der Waals surface area contributed by atoms with E-state index in [1.165, 1.54) is 48.8 Å². The molecular formula is C18H24Cl2N2. The first-order valence-electron chi connectivity index (χ1n) is 7.82. The molecule has 1 atom stereocenters. The number of piperidine rings is 3.